The second kappa shape index (κ2) is 6.99. The van der Waals surface area contributed by atoms with Gasteiger partial charge in [-0.05, 0) is 43.1 Å². The molecule has 129 valence electrons. The standard InChI is InChI=1S/C16H15BClN2O5/c1-3-23-14(21)8-16(22)15-9(2)6-10(7-11(15)17-25-16)24-13-5-4-12(18)19-20-13/h4-7,22H,3,8H2,1-2H3. The van der Waals surface area contributed by atoms with E-state index in [0.717, 1.165) is 0 Å². The number of hydrogen-bond donors (Lipinski definition) is 1. The number of aromatic nitrogens is 2. The first-order valence-electron chi connectivity index (χ1n) is 7.62. The van der Waals surface area contributed by atoms with E-state index >= 15 is 0 Å². The number of aliphatic hydroxyl groups is 1. The number of rotatable bonds is 5. The van der Waals surface area contributed by atoms with Crippen molar-refractivity contribution in [2.24, 2.45) is 0 Å². The summed E-state index contributed by atoms with van der Waals surface area (Å²) in [5.74, 6) is -1.51. The molecule has 1 aromatic heterocycles. The van der Waals surface area contributed by atoms with Crippen molar-refractivity contribution in [3.63, 3.8) is 0 Å². The predicted molar refractivity (Wildman–Crippen MR) is 89.9 cm³/mol. The largest absolute Gasteiger partial charge is 0.466 e. The smallest absolute Gasteiger partial charge is 0.334 e. The highest BCUT2D eigenvalue weighted by Crippen LogP contribution is 2.34. The fourth-order valence-electron chi connectivity index (χ4n) is 2.70. The maximum atomic E-state index is 11.7. The van der Waals surface area contributed by atoms with E-state index in [1.807, 2.05) is 0 Å². The fraction of sp³-hybridized carbons (Fsp3) is 0.312. The molecular weight excluding hydrogens is 346 g/mol. The first-order valence-corrected chi connectivity index (χ1v) is 8.00. The predicted octanol–water partition coefficient (Wildman–Crippen LogP) is 1.60. The normalized spacial score (nSPS) is 18.4. The third kappa shape index (κ3) is 3.76. The summed E-state index contributed by atoms with van der Waals surface area (Å²) in [6.45, 7) is 3.73. The molecule has 1 radical (unpaired) electrons. The molecule has 0 fully saturated rings. The van der Waals surface area contributed by atoms with Crippen molar-refractivity contribution >= 4 is 30.5 Å². The van der Waals surface area contributed by atoms with Crippen LogP contribution in [0.15, 0.2) is 24.3 Å². The summed E-state index contributed by atoms with van der Waals surface area (Å²) in [4.78, 5) is 11.7. The summed E-state index contributed by atoms with van der Waals surface area (Å²) in [6.07, 6.45) is -0.298. The highest BCUT2D eigenvalue weighted by molar-refractivity contribution is 6.49. The summed E-state index contributed by atoms with van der Waals surface area (Å²) in [6, 6.07) is 6.56. The lowest BCUT2D eigenvalue weighted by Crippen LogP contribution is -2.31. The van der Waals surface area contributed by atoms with Gasteiger partial charge in [0.1, 0.15) is 12.2 Å². The average molecular weight is 362 g/mol. The van der Waals surface area contributed by atoms with E-state index in [2.05, 4.69) is 10.2 Å². The van der Waals surface area contributed by atoms with Gasteiger partial charge >= 0.3 is 13.5 Å². The van der Waals surface area contributed by atoms with Crippen LogP contribution in [0.4, 0.5) is 0 Å². The molecule has 9 heteroatoms. The van der Waals surface area contributed by atoms with Gasteiger partial charge in [0.2, 0.25) is 5.88 Å². The third-order valence-corrected chi connectivity index (χ3v) is 3.83. The molecule has 0 aliphatic carbocycles. The van der Waals surface area contributed by atoms with Gasteiger partial charge in [-0.15, -0.1) is 10.2 Å². The molecule has 1 N–H and O–H groups in total. The topological polar surface area (TPSA) is 90.8 Å². The van der Waals surface area contributed by atoms with Crippen molar-refractivity contribution in [2.75, 3.05) is 6.61 Å². The van der Waals surface area contributed by atoms with Crippen LogP contribution in [0.5, 0.6) is 11.6 Å². The van der Waals surface area contributed by atoms with Crippen LogP contribution in [0, 0.1) is 6.92 Å². The number of esters is 1. The summed E-state index contributed by atoms with van der Waals surface area (Å²) in [5, 5.41) is 18.5. The van der Waals surface area contributed by atoms with Crippen molar-refractivity contribution in [2.45, 2.75) is 26.1 Å². The maximum absolute atomic E-state index is 11.7. The van der Waals surface area contributed by atoms with Crippen LogP contribution in [0.1, 0.15) is 24.5 Å². The van der Waals surface area contributed by atoms with Crippen LogP contribution in [0.3, 0.4) is 0 Å². The van der Waals surface area contributed by atoms with Gasteiger partial charge < -0.3 is 19.2 Å². The van der Waals surface area contributed by atoms with Gasteiger partial charge in [-0.25, -0.2) is 0 Å². The van der Waals surface area contributed by atoms with Gasteiger partial charge in [0, 0.05) is 11.6 Å². The number of halogens is 1. The molecule has 2 heterocycles. The lowest BCUT2D eigenvalue weighted by atomic mass is 9.83. The van der Waals surface area contributed by atoms with Crippen molar-refractivity contribution < 1.29 is 24.0 Å². The summed E-state index contributed by atoms with van der Waals surface area (Å²) in [5.41, 5.74) is 1.83. The lowest BCUT2D eigenvalue weighted by Gasteiger charge is -2.24. The van der Waals surface area contributed by atoms with E-state index in [0.29, 0.717) is 22.3 Å². The molecule has 0 amide bonds. The molecule has 0 saturated heterocycles. The van der Waals surface area contributed by atoms with E-state index in [9.17, 15) is 9.90 Å². The van der Waals surface area contributed by atoms with E-state index in [1.165, 1.54) is 7.48 Å². The molecule has 25 heavy (non-hydrogen) atoms. The Labute approximate surface area is 150 Å². The number of hydrogen-bond acceptors (Lipinski definition) is 7. The van der Waals surface area contributed by atoms with E-state index in [1.54, 1.807) is 38.1 Å². The zero-order valence-electron chi connectivity index (χ0n) is 13.7. The summed E-state index contributed by atoms with van der Waals surface area (Å²) >= 11 is 5.70. The molecule has 1 aliphatic heterocycles. The Bertz CT molecular complexity index is 802. The van der Waals surface area contributed by atoms with Gasteiger partial charge in [0.25, 0.3) is 0 Å². The van der Waals surface area contributed by atoms with Crippen molar-refractivity contribution in [1.82, 2.24) is 10.2 Å². The molecule has 0 spiro atoms. The Morgan fingerprint density at radius 2 is 2.20 bits per heavy atom. The molecule has 1 atom stereocenters. The Kier molecular flexibility index (Phi) is 4.94. The number of fused-ring (bicyclic) bond motifs is 1. The van der Waals surface area contributed by atoms with Crippen LogP contribution in [0.25, 0.3) is 0 Å². The Morgan fingerprint density at radius 3 is 2.88 bits per heavy atom. The highest BCUT2D eigenvalue weighted by atomic mass is 35.5. The third-order valence-electron chi connectivity index (χ3n) is 3.63. The minimum Gasteiger partial charge on any atom is -0.466 e. The zero-order valence-corrected chi connectivity index (χ0v) is 14.4. The highest BCUT2D eigenvalue weighted by Gasteiger charge is 2.42. The summed E-state index contributed by atoms with van der Waals surface area (Å²) in [7, 11) is 1.39. The van der Waals surface area contributed by atoms with Gasteiger partial charge in [-0.2, -0.15) is 0 Å². The van der Waals surface area contributed by atoms with Gasteiger partial charge in [0.05, 0.1) is 6.61 Å². The second-order valence-corrected chi connectivity index (χ2v) is 5.89. The van der Waals surface area contributed by atoms with Crippen LogP contribution >= 0.6 is 11.6 Å². The van der Waals surface area contributed by atoms with Crippen molar-refractivity contribution in [3.05, 3.63) is 40.5 Å². The quantitative estimate of drug-likeness (QED) is 0.639. The number of ether oxygens (including phenoxy) is 2. The summed E-state index contributed by atoms with van der Waals surface area (Å²) < 4.78 is 15.9. The van der Waals surface area contributed by atoms with Gasteiger partial charge in [0.15, 0.2) is 10.9 Å². The van der Waals surface area contributed by atoms with E-state index in [4.69, 9.17) is 25.7 Å². The monoisotopic (exact) mass is 361 g/mol. The Balaban J connectivity index is 1.85. The molecule has 0 bridgehead atoms. The molecule has 3 rings (SSSR count). The van der Waals surface area contributed by atoms with Crippen molar-refractivity contribution in [1.29, 1.82) is 0 Å². The minimum atomic E-state index is -1.75. The Hall–Kier alpha value is -2.16. The first-order chi connectivity index (χ1) is 11.9. The molecule has 1 aliphatic rings. The van der Waals surface area contributed by atoms with Crippen molar-refractivity contribution in [3.8, 4) is 11.6 Å². The van der Waals surface area contributed by atoms with Crippen LogP contribution < -0.4 is 10.2 Å². The molecule has 1 unspecified atom stereocenters. The average Bonchev–Trinajstić information content (AvgIpc) is 2.87. The number of carbonyl (C=O) groups is 1. The molecule has 7 nitrogen and oxygen atoms in total. The number of aryl methyl sites for hydroxylation is 1. The first kappa shape index (κ1) is 17.7. The molecule has 2 aromatic rings. The molecule has 0 saturated carbocycles. The van der Waals surface area contributed by atoms with Gasteiger partial charge in [-0.1, -0.05) is 11.6 Å². The molecule has 1 aromatic carbocycles. The van der Waals surface area contributed by atoms with Crippen LogP contribution in [-0.2, 0) is 20.0 Å². The van der Waals surface area contributed by atoms with Crippen LogP contribution in [-0.4, -0.2) is 35.4 Å². The number of nitrogens with zero attached hydrogens (tertiary/aromatic N) is 2. The fourth-order valence-corrected chi connectivity index (χ4v) is 2.80. The van der Waals surface area contributed by atoms with E-state index < -0.39 is 11.8 Å². The van der Waals surface area contributed by atoms with Crippen LogP contribution in [0.2, 0.25) is 5.15 Å². The number of carbonyl (C=O) groups excluding carboxylic acids is 1. The number of benzene rings is 1. The second-order valence-electron chi connectivity index (χ2n) is 5.50. The minimum absolute atomic E-state index is 0.235. The molecular formula is C16H15BClN2O5. The Morgan fingerprint density at radius 1 is 1.40 bits per heavy atom. The maximum Gasteiger partial charge on any atom is 0.334 e. The lowest BCUT2D eigenvalue weighted by molar-refractivity contribution is -0.174. The van der Waals surface area contributed by atoms with Gasteiger partial charge in [-0.3, -0.25) is 4.79 Å². The van der Waals surface area contributed by atoms with E-state index in [-0.39, 0.29) is 24.1 Å². The zero-order chi connectivity index (χ0) is 18.0. The SMILES string of the molecule is CCOC(=O)CC1(O)O[B]c2cc(Oc3ccc(Cl)nn3)cc(C)c21.